The predicted molar refractivity (Wildman–Crippen MR) is 56.3 cm³/mol. The van der Waals surface area contributed by atoms with Gasteiger partial charge in [0, 0.05) is 25.1 Å². The largest absolute Gasteiger partial charge is 0.314 e. The minimum absolute atomic E-state index is 0.0287. The molecule has 1 saturated carbocycles. The smallest absolute Gasteiger partial charge is 0.167 e. The van der Waals surface area contributed by atoms with Crippen molar-refractivity contribution in [3.63, 3.8) is 0 Å². The van der Waals surface area contributed by atoms with Crippen LogP contribution in [0.3, 0.4) is 0 Å². The number of halogens is 2. The van der Waals surface area contributed by atoms with Crippen LogP contribution in [0.15, 0.2) is 18.2 Å². The fourth-order valence-electron chi connectivity index (χ4n) is 1.53. The molecule has 1 aromatic carbocycles. The van der Waals surface area contributed by atoms with Gasteiger partial charge in [0.05, 0.1) is 5.56 Å². The second kappa shape index (κ2) is 4.70. The molecular formula is C12H13F2NO. The highest BCUT2D eigenvalue weighted by Crippen LogP contribution is 2.18. The van der Waals surface area contributed by atoms with Crippen LogP contribution in [0.1, 0.15) is 29.6 Å². The summed E-state index contributed by atoms with van der Waals surface area (Å²) in [5.74, 6) is -1.73. The number of hydrogen-bond acceptors (Lipinski definition) is 2. The third kappa shape index (κ3) is 2.85. The molecule has 1 fully saturated rings. The zero-order chi connectivity index (χ0) is 11.5. The first-order chi connectivity index (χ1) is 7.66. The summed E-state index contributed by atoms with van der Waals surface area (Å²) in [5, 5.41) is 3.17. The molecule has 0 aliphatic heterocycles. The minimum atomic E-state index is -0.781. The Morgan fingerprint density at radius 1 is 1.38 bits per heavy atom. The molecule has 0 amide bonds. The maximum absolute atomic E-state index is 13.2. The Balaban J connectivity index is 1.91. The molecule has 1 aliphatic rings. The fraction of sp³-hybridized carbons (Fsp3) is 0.417. The lowest BCUT2D eigenvalue weighted by atomic mass is 10.1. The zero-order valence-corrected chi connectivity index (χ0v) is 8.80. The second-order valence-electron chi connectivity index (χ2n) is 4.03. The van der Waals surface area contributed by atoms with Crippen molar-refractivity contribution in [1.82, 2.24) is 5.32 Å². The molecule has 0 bridgehead atoms. The molecule has 2 nitrogen and oxygen atoms in total. The van der Waals surface area contributed by atoms with Gasteiger partial charge in [-0.2, -0.15) is 0 Å². The number of hydrogen-bond donors (Lipinski definition) is 1. The van der Waals surface area contributed by atoms with E-state index in [4.69, 9.17) is 0 Å². The summed E-state index contributed by atoms with van der Waals surface area (Å²) in [5.41, 5.74) is -0.0287. The van der Waals surface area contributed by atoms with E-state index in [0.29, 0.717) is 12.6 Å². The van der Waals surface area contributed by atoms with Crippen molar-refractivity contribution in [2.24, 2.45) is 0 Å². The Hall–Kier alpha value is -1.29. The van der Waals surface area contributed by atoms with Gasteiger partial charge in [0.1, 0.15) is 11.6 Å². The first kappa shape index (κ1) is 11.2. The highest BCUT2D eigenvalue weighted by Gasteiger charge is 2.20. The molecule has 0 spiro atoms. The molecule has 0 saturated heterocycles. The average molecular weight is 225 g/mol. The third-order valence-electron chi connectivity index (χ3n) is 2.59. The second-order valence-corrected chi connectivity index (χ2v) is 4.03. The lowest BCUT2D eigenvalue weighted by molar-refractivity contribution is 0.0978. The molecule has 0 atom stereocenters. The first-order valence-electron chi connectivity index (χ1n) is 5.38. The number of carbonyl (C=O) groups excluding carboxylic acids is 1. The van der Waals surface area contributed by atoms with Gasteiger partial charge in [-0.05, 0) is 25.0 Å². The van der Waals surface area contributed by atoms with Crippen LogP contribution in [0.2, 0.25) is 0 Å². The molecule has 0 unspecified atom stereocenters. The van der Waals surface area contributed by atoms with Crippen molar-refractivity contribution in [2.75, 3.05) is 6.54 Å². The number of Topliss-reactive ketones (excluding diaryl/α,β-unsaturated/α-hetero) is 1. The molecule has 1 aliphatic carbocycles. The van der Waals surface area contributed by atoms with Gasteiger partial charge in [0.2, 0.25) is 0 Å². The minimum Gasteiger partial charge on any atom is -0.314 e. The molecular weight excluding hydrogens is 212 g/mol. The molecule has 4 heteroatoms. The lowest BCUT2D eigenvalue weighted by Gasteiger charge is -2.03. The van der Waals surface area contributed by atoms with Gasteiger partial charge in [-0.3, -0.25) is 4.79 Å². The van der Waals surface area contributed by atoms with Crippen molar-refractivity contribution in [2.45, 2.75) is 25.3 Å². The van der Waals surface area contributed by atoms with Crippen LogP contribution >= 0.6 is 0 Å². The van der Waals surface area contributed by atoms with E-state index in [1.165, 1.54) is 6.07 Å². The highest BCUT2D eigenvalue weighted by molar-refractivity contribution is 5.96. The SMILES string of the molecule is O=C(CCNC1CC1)c1ccc(F)cc1F. The maximum Gasteiger partial charge on any atom is 0.167 e. The Labute approximate surface area is 92.7 Å². The van der Waals surface area contributed by atoms with E-state index in [9.17, 15) is 13.6 Å². The third-order valence-corrected chi connectivity index (χ3v) is 2.59. The molecule has 2 rings (SSSR count). The Morgan fingerprint density at radius 3 is 2.75 bits per heavy atom. The van der Waals surface area contributed by atoms with Crippen LogP contribution in [-0.2, 0) is 0 Å². The topological polar surface area (TPSA) is 29.1 Å². The quantitative estimate of drug-likeness (QED) is 0.779. The van der Waals surface area contributed by atoms with Gasteiger partial charge in [-0.1, -0.05) is 0 Å². The maximum atomic E-state index is 13.2. The molecule has 0 aromatic heterocycles. The fourth-order valence-corrected chi connectivity index (χ4v) is 1.53. The lowest BCUT2D eigenvalue weighted by Crippen LogP contribution is -2.20. The summed E-state index contributed by atoms with van der Waals surface area (Å²) in [7, 11) is 0. The van der Waals surface area contributed by atoms with Crippen molar-refractivity contribution in [3.05, 3.63) is 35.4 Å². The van der Waals surface area contributed by atoms with Gasteiger partial charge in [0.25, 0.3) is 0 Å². The predicted octanol–water partition coefficient (Wildman–Crippen LogP) is 2.29. The number of ketones is 1. The van der Waals surface area contributed by atoms with Gasteiger partial charge in [0.15, 0.2) is 5.78 Å². The summed E-state index contributed by atoms with van der Waals surface area (Å²) in [4.78, 5) is 11.6. The average Bonchev–Trinajstić information content (AvgIpc) is 3.01. The summed E-state index contributed by atoms with van der Waals surface area (Å²) >= 11 is 0. The monoisotopic (exact) mass is 225 g/mol. The van der Waals surface area contributed by atoms with Crippen molar-refractivity contribution >= 4 is 5.78 Å². The van der Waals surface area contributed by atoms with E-state index < -0.39 is 11.6 Å². The molecule has 16 heavy (non-hydrogen) atoms. The van der Waals surface area contributed by atoms with E-state index >= 15 is 0 Å². The summed E-state index contributed by atoms with van der Waals surface area (Å²) in [6.45, 7) is 0.556. The van der Waals surface area contributed by atoms with Crippen LogP contribution in [0.5, 0.6) is 0 Å². The van der Waals surface area contributed by atoms with Crippen LogP contribution in [0.25, 0.3) is 0 Å². The van der Waals surface area contributed by atoms with E-state index in [2.05, 4.69) is 5.32 Å². The van der Waals surface area contributed by atoms with E-state index in [1.807, 2.05) is 0 Å². The van der Waals surface area contributed by atoms with E-state index in [-0.39, 0.29) is 17.8 Å². The van der Waals surface area contributed by atoms with Crippen LogP contribution in [0.4, 0.5) is 8.78 Å². The first-order valence-corrected chi connectivity index (χ1v) is 5.38. The summed E-state index contributed by atoms with van der Waals surface area (Å²) < 4.78 is 25.8. The zero-order valence-electron chi connectivity index (χ0n) is 8.80. The Kier molecular flexibility index (Phi) is 3.29. The van der Waals surface area contributed by atoms with Gasteiger partial charge in [-0.25, -0.2) is 8.78 Å². The van der Waals surface area contributed by atoms with E-state index in [0.717, 1.165) is 25.0 Å². The van der Waals surface area contributed by atoms with Crippen molar-refractivity contribution < 1.29 is 13.6 Å². The molecule has 0 radical (unpaired) electrons. The number of benzene rings is 1. The number of nitrogens with one attached hydrogen (secondary N) is 1. The number of carbonyl (C=O) groups is 1. The normalized spacial score (nSPS) is 15.1. The Morgan fingerprint density at radius 2 is 2.12 bits per heavy atom. The molecule has 1 aromatic rings. The summed E-state index contributed by atoms with van der Waals surface area (Å²) in [6.07, 6.45) is 2.55. The molecule has 0 heterocycles. The standard InChI is InChI=1S/C12H13F2NO/c13-8-1-4-10(11(14)7-8)12(16)5-6-15-9-2-3-9/h1,4,7,9,15H,2-3,5-6H2. The summed E-state index contributed by atoms with van der Waals surface area (Å²) in [6, 6.07) is 3.57. The van der Waals surface area contributed by atoms with Crippen molar-refractivity contribution in [1.29, 1.82) is 0 Å². The Bertz CT molecular complexity index is 402. The highest BCUT2D eigenvalue weighted by atomic mass is 19.1. The number of rotatable bonds is 5. The van der Waals surface area contributed by atoms with Gasteiger partial charge >= 0.3 is 0 Å². The van der Waals surface area contributed by atoms with Crippen LogP contribution < -0.4 is 5.32 Å². The molecule has 86 valence electrons. The van der Waals surface area contributed by atoms with E-state index in [1.54, 1.807) is 0 Å². The van der Waals surface area contributed by atoms with Gasteiger partial charge in [-0.15, -0.1) is 0 Å². The van der Waals surface area contributed by atoms with Crippen LogP contribution in [0, 0.1) is 11.6 Å². The van der Waals surface area contributed by atoms with Crippen LogP contribution in [-0.4, -0.2) is 18.4 Å². The van der Waals surface area contributed by atoms with Gasteiger partial charge < -0.3 is 5.32 Å². The molecule has 1 N–H and O–H groups in total. The van der Waals surface area contributed by atoms with Crippen molar-refractivity contribution in [3.8, 4) is 0 Å².